The molecule has 4 aromatic rings. The summed E-state index contributed by atoms with van der Waals surface area (Å²) in [6.07, 6.45) is 7.26. The van der Waals surface area contributed by atoms with Crippen LogP contribution in [0.3, 0.4) is 0 Å². The van der Waals surface area contributed by atoms with Gasteiger partial charge in [0.2, 0.25) is 0 Å². The van der Waals surface area contributed by atoms with Gasteiger partial charge in [0.15, 0.2) is 19.7 Å². The van der Waals surface area contributed by atoms with Crippen LogP contribution < -0.4 is 0 Å². The van der Waals surface area contributed by atoms with E-state index in [9.17, 15) is 16.8 Å². The number of piperidine rings is 1. The average molecular weight is 558 g/mol. The number of rotatable bonds is 8. The van der Waals surface area contributed by atoms with Crippen molar-refractivity contribution < 1.29 is 16.8 Å². The van der Waals surface area contributed by atoms with Crippen LogP contribution in [-0.2, 0) is 19.7 Å². The van der Waals surface area contributed by atoms with Crippen LogP contribution in [-0.4, -0.2) is 63.4 Å². The molecule has 1 atom stereocenters. The number of hydrogen-bond donors (Lipinski definition) is 0. The maximum absolute atomic E-state index is 11.9. The highest BCUT2D eigenvalue weighted by Crippen LogP contribution is 2.32. The topological polar surface area (TPSA) is 89.3 Å². The molecule has 0 spiro atoms. The first kappa shape index (κ1) is 26.1. The van der Waals surface area contributed by atoms with E-state index in [1.165, 1.54) is 18.1 Å². The first-order valence-electron chi connectivity index (χ1n) is 12.3. The minimum atomic E-state index is -3.26. The normalized spacial score (nSPS) is 16.8. The van der Waals surface area contributed by atoms with E-state index in [0.29, 0.717) is 21.3 Å². The van der Waals surface area contributed by atoms with Crippen LogP contribution in [0.4, 0.5) is 0 Å². The van der Waals surface area contributed by atoms with Crippen molar-refractivity contribution >= 4 is 42.0 Å². The molecule has 0 amide bonds. The fraction of sp³-hybridized carbons (Fsp3) is 0.370. The first-order chi connectivity index (χ1) is 17.6. The van der Waals surface area contributed by atoms with Gasteiger partial charge in [0.25, 0.3) is 0 Å². The Labute approximate surface area is 222 Å². The molecule has 0 bridgehead atoms. The monoisotopic (exact) mass is 557 g/mol. The first-order valence-corrected chi connectivity index (χ1v) is 17.0. The van der Waals surface area contributed by atoms with Crippen LogP contribution in [0, 0.1) is 0 Å². The van der Waals surface area contributed by atoms with E-state index < -0.39 is 19.7 Å². The van der Waals surface area contributed by atoms with Gasteiger partial charge in [-0.3, -0.25) is 0 Å². The number of fused-ring (bicyclic) bond motifs is 1. The molecule has 37 heavy (non-hydrogen) atoms. The summed E-state index contributed by atoms with van der Waals surface area (Å²) in [4.78, 5) is 7.63. The Morgan fingerprint density at radius 1 is 0.919 bits per heavy atom. The maximum Gasteiger partial charge on any atom is 0.175 e. The van der Waals surface area contributed by atoms with Gasteiger partial charge in [0.05, 0.1) is 27.2 Å². The van der Waals surface area contributed by atoms with Crippen molar-refractivity contribution in [2.45, 2.75) is 41.0 Å². The molecule has 1 saturated heterocycles. The van der Waals surface area contributed by atoms with E-state index in [-0.39, 0.29) is 5.92 Å². The molecule has 0 saturated carbocycles. The summed E-state index contributed by atoms with van der Waals surface area (Å²) in [5, 5.41) is 4.27. The van der Waals surface area contributed by atoms with E-state index in [0.717, 1.165) is 50.0 Å². The van der Waals surface area contributed by atoms with Gasteiger partial charge < -0.3 is 9.47 Å². The molecule has 196 valence electrons. The third-order valence-corrected chi connectivity index (χ3v) is 10.3. The summed E-state index contributed by atoms with van der Waals surface area (Å²) >= 11 is 1.68. The minimum Gasteiger partial charge on any atom is -0.327 e. The number of hydrogen-bond acceptors (Lipinski definition) is 7. The molecule has 1 aliphatic heterocycles. The van der Waals surface area contributed by atoms with Gasteiger partial charge in [-0.05, 0) is 84.1 Å². The van der Waals surface area contributed by atoms with Crippen molar-refractivity contribution in [1.82, 2.24) is 14.5 Å². The Bertz CT molecular complexity index is 1580. The van der Waals surface area contributed by atoms with Crippen molar-refractivity contribution in [3.63, 3.8) is 0 Å². The number of sulfone groups is 2. The molecule has 10 heteroatoms. The Balaban J connectivity index is 1.24. The van der Waals surface area contributed by atoms with Crippen LogP contribution in [0.1, 0.15) is 42.3 Å². The second kappa shape index (κ2) is 10.3. The lowest BCUT2D eigenvalue weighted by molar-refractivity contribution is 0.184. The van der Waals surface area contributed by atoms with E-state index >= 15 is 0 Å². The van der Waals surface area contributed by atoms with Crippen molar-refractivity contribution in [2.75, 3.05) is 32.1 Å². The van der Waals surface area contributed by atoms with Crippen molar-refractivity contribution in [3.05, 3.63) is 76.7 Å². The maximum atomic E-state index is 11.9. The minimum absolute atomic E-state index is 0.221. The molecular formula is C27H31N3O4S3. The zero-order valence-electron chi connectivity index (χ0n) is 20.9. The Kier molecular flexibility index (Phi) is 7.28. The Hall–Kier alpha value is -2.53. The zero-order chi connectivity index (χ0) is 26.2. The summed E-state index contributed by atoms with van der Waals surface area (Å²) < 4.78 is 49.7. The highest BCUT2D eigenvalue weighted by atomic mass is 32.2. The quantitative estimate of drug-likeness (QED) is 0.310. The summed E-state index contributed by atoms with van der Waals surface area (Å²) in [5.41, 5.74) is 4.09. The van der Waals surface area contributed by atoms with Gasteiger partial charge in [-0.2, -0.15) is 11.3 Å². The molecule has 0 unspecified atom stereocenters. The molecule has 2 aromatic heterocycles. The molecule has 3 heterocycles. The average Bonchev–Trinajstić information content (AvgIpc) is 3.54. The SMILES string of the molecule is CS(=O)(=O)c1ccc([C@@H](CCN2CCC(n3cnc4cc(S(C)(=O)=O)ccc43)CC2)c2ccsc2)cc1. The third-order valence-electron chi connectivity index (χ3n) is 7.32. The number of nitrogens with zero attached hydrogens (tertiary/aromatic N) is 3. The number of imidazole rings is 1. The summed E-state index contributed by atoms with van der Waals surface area (Å²) in [5.74, 6) is 0.221. The van der Waals surface area contributed by atoms with Gasteiger partial charge in [0.1, 0.15) is 0 Å². The molecule has 0 N–H and O–H groups in total. The van der Waals surface area contributed by atoms with Gasteiger partial charge in [-0.1, -0.05) is 12.1 Å². The van der Waals surface area contributed by atoms with Crippen molar-refractivity contribution in [3.8, 4) is 0 Å². The number of likely N-dealkylation sites (tertiary alicyclic amines) is 1. The van der Waals surface area contributed by atoms with E-state index in [1.807, 2.05) is 24.5 Å². The molecule has 2 aromatic carbocycles. The predicted octanol–water partition coefficient (Wildman–Crippen LogP) is 4.76. The largest absolute Gasteiger partial charge is 0.327 e. The van der Waals surface area contributed by atoms with Gasteiger partial charge in [-0.15, -0.1) is 0 Å². The van der Waals surface area contributed by atoms with Gasteiger partial charge in [-0.25, -0.2) is 21.8 Å². The third kappa shape index (κ3) is 5.82. The van der Waals surface area contributed by atoms with E-state index in [2.05, 4.69) is 31.3 Å². The summed E-state index contributed by atoms with van der Waals surface area (Å²) in [7, 11) is -6.47. The van der Waals surface area contributed by atoms with Gasteiger partial charge >= 0.3 is 0 Å². The van der Waals surface area contributed by atoms with Crippen LogP contribution in [0.25, 0.3) is 11.0 Å². The lowest BCUT2D eigenvalue weighted by atomic mass is 9.90. The summed E-state index contributed by atoms with van der Waals surface area (Å²) in [6.45, 7) is 2.92. The lowest BCUT2D eigenvalue weighted by Gasteiger charge is -2.33. The van der Waals surface area contributed by atoms with Crippen molar-refractivity contribution in [2.24, 2.45) is 0 Å². The molecule has 1 aliphatic rings. The Morgan fingerprint density at radius 3 is 2.22 bits per heavy atom. The summed E-state index contributed by atoms with van der Waals surface area (Å²) in [6, 6.07) is 15.0. The second-order valence-corrected chi connectivity index (χ2v) is 14.7. The lowest BCUT2D eigenvalue weighted by Crippen LogP contribution is -2.35. The number of benzene rings is 2. The predicted molar refractivity (Wildman–Crippen MR) is 148 cm³/mol. The van der Waals surface area contributed by atoms with Crippen LogP contribution >= 0.6 is 11.3 Å². The fourth-order valence-electron chi connectivity index (χ4n) is 5.21. The van der Waals surface area contributed by atoms with Gasteiger partial charge in [0, 0.05) is 37.6 Å². The van der Waals surface area contributed by atoms with E-state index in [1.54, 1.807) is 35.6 Å². The zero-order valence-corrected chi connectivity index (χ0v) is 23.4. The van der Waals surface area contributed by atoms with Crippen molar-refractivity contribution in [1.29, 1.82) is 0 Å². The molecule has 5 rings (SSSR count). The van der Waals surface area contributed by atoms with Crippen LogP contribution in [0.5, 0.6) is 0 Å². The highest BCUT2D eigenvalue weighted by Gasteiger charge is 2.24. The van der Waals surface area contributed by atoms with E-state index in [4.69, 9.17) is 0 Å². The highest BCUT2D eigenvalue weighted by molar-refractivity contribution is 7.91. The molecule has 0 radical (unpaired) electrons. The number of thiophene rings is 1. The van der Waals surface area contributed by atoms with Crippen LogP contribution in [0.2, 0.25) is 0 Å². The van der Waals surface area contributed by atoms with Crippen LogP contribution in [0.15, 0.2) is 75.4 Å². The second-order valence-electron chi connectivity index (χ2n) is 9.89. The molecule has 7 nitrogen and oxygen atoms in total. The molecule has 1 fully saturated rings. The number of aromatic nitrogens is 2. The smallest absolute Gasteiger partial charge is 0.175 e. The Morgan fingerprint density at radius 2 is 1.59 bits per heavy atom. The molecule has 0 aliphatic carbocycles. The standard InChI is InChI=1S/C27H31N3O4S3/c1-36(31,32)23-5-3-20(4-6-23)25(21-12-16-35-18-21)11-15-29-13-9-22(10-14-29)30-19-28-26-17-24(37(2,33)34)7-8-27(26)30/h3-8,12,16-19,22,25H,9-11,13-15H2,1-2H3/t25-/m1/s1. The fourth-order valence-corrected chi connectivity index (χ4v) is 7.20. The molecular weight excluding hydrogens is 527 g/mol.